The van der Waals surface area contributed by atoms with Crippen LogP contribution in [0.2, 0.25) is 0 Å². The second kappa shape index (κ2) is 14.9. The molecule has 0 aromatic heterocycles. The Morgan fingerprint density at radius 3 is 2.16 bits per heavy atom. The van der Waals surface area contributed by atoms with Gasteiger partial charge >= 0.3 is 5.97 Å². The van der Waals surface area contributed by atoms with Crippen LogP contribution in [0.3, 0.4) is 0 Å². The van der Waals surface area contributed by atoms with Crippen LogP contribution in [-0.2, 0) is 23.7 Å². The van der Waals surface area contributed by atoms with Crippen LogP contribution in [0.15, 0.2) is 11.6 Å². The Hall–Kier alpha value is -1.35. The maximum absolute atomic E-state index is 15.0. The van der Waals surface area contributed by atoms with Crippen LogP contribution in [0.1, 0.15) is 86.0 Å². The summed E-state index contributed by atoms with van der Waals surface area (Å²) in [5.41, 5.74) is -4.59. The summed E-state index contributed by atoms with van der Waals surface area (Å²) in [6.07, 6.45) is -11.3. The molecule has 0 unspecified atom stereocenters. The number of aliphatic hydroxyl groups is 11. The molecule has 0 amide bonds. The van der Waals surface area contributed by atoms with Gasteiger partial charge in [0.2, 0.25) is 6.29 Å². The Labute approximate surface area is 333 Å². The monoisotopic (exact) mass is 814 g/mol. The third-order valence-corrected chi connectivity index (χ3v) is 17.4. The first-order chi connectivity index (χ1) is 26.6. The van der Waals surface area contributed by atoms with E-state index in [9.17, 15) is 56.2 Å². The average molecular weight is 815 g/mol. The Bertz CT molecular complexity index is 1540. The van der Waals surface area contributed by atoms with E-state index >= 15 is 4.79 Å². The fraction of sp³-hybridized carbons (Fsp3) is 0.927. The molecule has 20 atom stereocenters. The van der Waals surface area contributed by atoms with E-state index < -0.39 is 139 Å². The van der Waals surface area contributed by atoms with E-state index in [2.05, 4.69) is 26.8 Å². The van der Waals surface area contributed by atoms with Gasteiger partial charge in [0.15, 0.2) is 12.4 Å². The zero-order valence-corrected chi connectivity index (χ0v) is 33.7. The molecule has 0 aromatic carbocycles. The van der Waals surface area contributed by atoms with Gasteiger partial charge in [0, 0.05) is 11.3 Å². The van der Waals surface area contributed by atoms with Gasteiger partial charge in [0.05, 0.1) is 49.7 Å². The van der Waals surface area contributed by atoms with Crippen LogP contribution in [0.4, 0.5) is 0 Å². The minimum atomic E-state index is -1.81. The average Bonchev–Trinajstić information content (AvgIpc) is 3.17. The second-order valence-electron chi connectivity index (χ2n) is 19.8. The summed E-state index contributed by atoms with van der Waals surface area (Å²) in [6, 6.07) is 0. The van der Waals surface area contributed by atoms with Crippen molar-refractivity contribution in [2.75, 3.05) is 26.4 Å². The number of carbonyl (C=O) groups excluding carboxylic acids is 1. The number of rotatable bonds is 7. The first-order valence-electron chi connectivity index (χ1n) is 20.8. The quantitative estimate of drug-likeness (QED) is 0.107. The zero-order chi connectivity index (χ0) is 41.8. The smallest absolute Gasteiger partial charge is 0.315 e. The molecule has 0 radical (unpaired) electrons. The van der Waals surface area contributed by atoms with E-state index in [4.69, 9.17) is 18.9 Å². The molecule has 5 aliphatic carbocycles. The molecule has 2 saturated heterocycles. The molecular formula is C41H66O16. The van der Waals surface area contributed by atoms with Crippen molar-refractivity contribution < 1.29 is 79.9 Å². The fourth-order valence-corrected chi connectivity index (χ4v) is 13.6. The van der Waals surface area contributed by atoms with Gasteiger partial charge in [-0.15, -0.1) is 0 Å². The van der Waals surface area contributed by atoms with Crippen LogP contribution in [0.25, 0.3) is 0 Å². The Kier molecular flexibility index (Phi) is 11.5. The van der Waals surface area contributed by atoms with E-state index in [0.717, 1.165) is 5.57 Å². The Morgan fingerprint density at radius 1 is 0.825 bits per heavy atom. The van der Waals surface area contributed by atoms with Crippen molar-refractivity contribution in [2.45, 2.75) is 159 Å². The van der Waals surface area contributed by atoms with Crippen molar-refractivity contribution in [1.82, 2.24) is 0 Å². The summed E-state index contributed by atoms with van der Waals surface area (Å²) >= 11 is 0. The van der Waals surface area contributed by atoms with Crippen LogP contribution in [0.5, 0.6) is 0 Å². The highest BCUT2D eigenvalue weighted by Gasteiger charge is 2.73. The lowest BCUT2D eigenvalue weighted by Crippen LogP contribution is -2.70. The van der Waals surface area contributed by atoms with Gasteiger partial charge in [-0.25, -0.2) is 0 Å². The molecule has 6 fully saturated rings. The first kappa shape index (κ1) is 43.7. The molecule has 4 saturated carbocycles. The molecule has 326 valence electrons. The molecule has 2 heterocycles. The van der Waals surface area contributed by atoms with Gasteiger partial charge in [-0.1, -0.05) is 39.3 Å². The minimum absolute atomic E-state index is 0.0450. The molecular weight excluding hydrogens is 748 g/mol. The van der Waals surface area contributed by atoms with Crippen molar-refractivity contribution in [3.05, 3.63) is 11.6 Å². The molecule has 11 N–H and O–H groups in total. The van der Waals surface area contributed by atoms with Gasteiger partial charge in [0.25, 0.3) is 0 Å². The van der Waals surface area contributed by atoms with Gasteiger partial charge in [-0.3, -0.25) is 4.79 Å². The predicted octanol–water partition coefficient (Wildman–Crippen LogP) is -1.16. The van der Waals surface area contributed by atoms with E-state index in [1.54, 1.807) is 6.92 Å². The number of aliphatic hydroxyl groups excluding tert-OH is 10. The lowest BCUT2D eigenvalue weighted by Gasteiger charge is -2.72. The number of esters is 1. The molecule has 0 aromatic rings. The van der Waals surface area contributed by atoms with E-state index in [1.165, 1.54) is 0 Å². The summed E-state index contributed by atoms with van der Waals surface area (Å²) in [4.78, 5) is 15.0. The summed E-state index contributed by atoms with van der Waals surface area (Å²) < 4.78 is 23.3. The van der Waals surface area contributed by atoms with E-state index in [1.807, 2.05) is 6.92 Å². The number of hydrogen-bond acceptors (Lipinski definition) is 16. The molecule has 0 spiro atoms. The molecule has 16 nitrogen and oxygen atoms in total. The number of allylic oxidation sites excluding steroid dienone is 1. The summed E-state index contributed by atoms with van der Waals surface area (Å²) in [5.74, 6) is -2.01. The maximum atomic E-state index is 15.0. The second-order valence-corrected chi connectivity index (χ2v) is 19.8. The topological polar surface area (TPSA) is 277 Å². The largest absolute Gasteiger partial charge is 0.432 e. The molecule has 7 aliphatic rings. The van der Waals surface area contributed by atoms with Gasteiger partial charge in [-0.2, -0.15) is 0 Å². The number of fused-ring (bicyclic) bond motifs is 7. The van der Waals surface area contributed by atoms with E-state index in [-0.39, 0.29) is 24.2 Å². The predicted molar refractivity (Wildman–Crippen MR) is 197 cm³/mol. The van der Waals surface area contributed by atoms with Crippen molar-refractivity contribution in [3.63, 3.8) is 0 Å². The van der Waals surface area contributed by atoms with Crippen molar-refractivity contribution in [1.29, 1.82) is 0 Å². The molecule has 57 heavy (non-hydrogen) atoms. The van der Waals surface area contributed by atoms with Crippen LogP contribution >= 0.6 is 0 Å². The third kappa shape index (κ3) is 6.10. The van der Waals surface area contributed by atoms with Gasteiger partial charge < -0.3 is 75.1 Å². The highest BCUT2D eigenvalue weighted by Crippen LogP contribution is 2.76. The van der Waals surface area contributed by atoms with Crippen LogP contribution in [0, 0.1) is 50.7 Å². The Balaban J connectivity index is 1.24. The first-order valence-corrected chi connectivity index (χ1v) is 20.8. The molecule has 2 aliphatic heterocycles. The Morgan fingerprint density at radius 2 is 1.51 bits per heavy atom. The van der Waals surface area contributed by atoms with Crippen molar-refractivity contribution >= 4 is 5.97 Å². The lowest BCUT2D eigenvalue weighted by molar-refractivity contribution is -0.353. The van der Waals surface area contributed by atoms with Gasteiger partial charge in [0.1, 0.15) is 36.6 Å². The van der Waals surface area contributed by atoms with Crippen LogP contribution in [-0.4, -0.2) is 162 Å². The summed E-state index contributed by atoms with van der Waals surface area (Å²) in [7, 11) is 0. The maximum Gasteiger partial charge on any atom is 0.315 e. The van der Waals surface area contributed by atoms with Gasteiger partial charge in [-0.05, 0) is 92.3 Å². The minimum Gasteiger partial charge on any atom is -0.432 e. The number of carbonyl (C=O) groups is 1. The number of hydrogen-bond donors (Lipinski definition) is 11. The molecule has 7 rings (SSSR count). The molecule has 0 bridgehead atoms. The zero-order valence-electron chi connectivity index (χ0n) is 33.7. The van der Waals surface area contributed by atoms with Crippen LogP contribution < -0.4 is 0 Å². The third-order valence-electron chi connectivity index (χ3n) is 17.4. The highest BCUT2D eigenvalue weighted by atomic mass is 16.8. The number of ether oxygens (including phenoxy) is 4. The van der Waals surface area contributed by atoms with Crippen molar-refractivity contribution in [2.24, 2.45) is 50.7 Å². The standard InChI is InChI=1S/C41H66O16/c1-19-8-11-40(35(52)57-34-30(28(49)27(48)23(15-42)55-34)56-33-29(50)26(47)22(46)16-54-33)13-12-37(3)20(31(40)39(19,5)53)6-7-24-36(2)14-21(45)32(51)41(17-43,18-44)25(36)9-10-38(24,37)4/h6,19,21-34,42-51,53H,7-18H2,1-5H3/t19-,21+,22-,23-,24+,25-,26+,27-,28+,29-,30-,31+,32-,33+,34+,36+,37+,38+,39+,40-/m0/s1. The summed E-state index contributed by atoms with van der Waals surface area (Å²) in [6.45, 7) is 8.15. The van der Waals surface area contributed by atoms with Crippen molar-refractivity contribution in [3.8, 4) is 0 Å². The lowest BCUT2D eigenvalue weighted by atomic mass is 9.32. The normalized spacial score (nSPS) is 54.7. The SMILES string of the molecule is C[C@H]1CC[C@]2(C(=O)O[C@H]3O[C@@H](CO)[C@H](O)[C@@H](O)[C@@H]3O[C@H]3OC[C@H](O)[C@@H](O)[C@@H]3O)CC[C@]3(C)C(=CC[C@@H]4[C@@]5(C)C[C@@H](O)[C@H](O)C(CO)(CO)[C@H]5CC[C@]43C)[C@@H]2[C@]1(C)O. The molecule has 16 heteroatoms. The highest BCUT2D eigenvalue weighted by molar-refractivity contribution is 5.79. The summed E-state index contributed by atoms with van der Waals surface area (Å²) in [5, 5.41) is 119. The fourth-order valence-electron chi connectivity index (χ4n) is 13.6. The van der Waals surface area contributed by atoms with E-state index in [0.29, 0.717) is 44.9 Å².